The molecule has 1 N–H and O–H groups in total. The van der Waals surface area contributed by atoms with Crippen LogP contribution in [0.3, 0.4) is 0 Å². The van der Waals surface area contributed by atoms with E-state index in [9.17, 15) is 4.79 Å². The third kappa shape index (κ3) is 3.70. The Morgan fingerprint density at radius 3 is 2.81 bits per heavy atom. The predicted molar refractivity (Wildman–Crippen MR) is 66.8 cm³/mol. The Morgan fingerprint density at radius 2 is 2.19 bits per heavy atom. The number of benzene rings is 1. The average Bonchev–Trinajstić information content (AvgIpc) is 2.29. The molecule has 0 bridgehead atoms. The SMILES string of the molecule is COC(=O)/C=C/N[C@H](C)c1ccccc1Br. The highest BCUT2D eigenvalue weighted by Gasteiger charge is 2.05. The lowest BCUT2D eigenvalue weighted by Crippen LogP contribution is -2.12. The van der Waals surface area contributed by atoms with Gasteiger partial charge in [-0.05, 0) is 18.6 Å². The van der Waals surface area contributed by atoms with Crippen molar-refractivity contribution in [2.24, 2.45) is 0 Å². The van der Waals surface area contributed by atoms with E-state index in [1.54, 1.807) is 6.20 Å². The Balaban J connectivity index is 2.60. The van der Waals surface area contributed by atoms with Crippen LogP contribution in [0.4, 0.5) is 0 Å². The summed E-state index contributed by atoms with van der Waals surface area (Å²) >= 11 is 3.48. The lowest BCUT2D eigenvalue weighted by atomic mass is 10.1. The fraction of sp³-hybridized carbons (Fsp3) is 0.250. The minimum absolute atomic E-state index is 0.122. The van der Waals surface area contributed by atoms with Gasteiger partial charge >= 0.3 is 5.97 Å². The van der Waals surface area contributed by atoms with E-state index in [2.05, 4.69) is 26.0 Å². The molecule has 1 rings (SSSR count). The van der Waals surface area contributed by atoms with Gasteiger partial charge in [-0.25, -0.2) is 4.79 Å². The average molecular weight is 284 g/mol. The molecule has 4 heteroatoms. The van der Waals surface area contributed by atoms with Crippen LogP contribution in [0.2, 0.25) is 0 Å². The van der Waals surface area contributed by atoms with Crippen LogP contribution in [-0.2, 0) is 9.53 Å². The zero-order chi connectivity index (χ0) is 12.0. The summed E-state index contributed by atoms with van der Waals surface area (Å²) < 4.78 is 5.53. The van der Waals surface area contributed by atoms with E-state index in [4.69, 9.17) is 0 Å². The molecule has 3 nitrogen and oxygen atoms in total. The molecule has 0 aliphatic heterocycles. The lowest BCUT2D eigenvalue weighted by molar-refractivity contribution is -0.134. The quantitative estimate of drug-likeness (QED) is 0.682. The van der Waals surface area contributed by atoms with Crippen molar-refractivity contribution >= 4 is 21.9 Å². The number of esters is 1. The van der Waals surface area contributed by atoms with Gasteiger partial charge in [0.25, 0.3) is 0 Å². The smallest absolute Gasteiger partial charge is 0.331 e. The van der Waals surface area contributed by atoms with Crippen LogP contribution in [0.15, 0.2) is 41.0 Å². The second kappa shape index (κ2) is 6.33. The van der Waals surface area contributed by atoms with Crippen molar-refractivity contribution in [3.05, 3.63) is 46.6 Å². The third-order valence-corrected chi connectivity index (χ3v) is 2.86. The summed E-state index contributed by atoms with van der Waals surface area (Å²) in [7, 11) is 1.35. The summed E-state index contributed by atoms with van der Waals surface area (Å²) in [6, 6.07) is 8.06. The Hall–Kier alpha value is -1.29. The largest absolute Gasteiger partial charge is 0.466 e. The molecular formula is C12H14BrNO2. The zero-order valence-corrected chi connectivity index (χ0v) is 10.8. The molecule has 0 unspecified atom stereocenters. The van der Waals surface area contributed by atoms with Crippen LogP contribution in [0.25, 0.3) is 0 Å². The van der Waals surface area contributed by atoms with Gasteiger partial charge in [0.15, 0.2) is 0 Å². The second-order valence-electron chi connectivity index (χ2n) is 3.27. The van der Waals surface area contributed by atoms with Gasteiger partial charge in [-0.1, -0.05) is 34.1 Å². The highest BCUT2D eigenvalue weighted by atomic mass is 79.9. The number of hydrogen-bond acceptors (Lipinski definition) is 3. The van der Waals surface area contributed by atoms with Crippen molar-refractivity contribution in [3.8, 4) is 0 Å². The van der Waals surface area contributed by atoms with Gasteiger partial charge in [0.05, 0.1) is 7.11 Å². The highest BCUT2D eigenvalue weighted by Crippen LogP contribution is 2.22. The molecule has 1 atom stereocenters. The minimum Gasteiger partial charge on any atom is -0.466 e. The number of carbonyl (C=O) groups is 1. The molecule has 0 aliphatic carbocycles. The molecule has 1 aromatic rings. The molecular weight excluding hydrogens is 270 g/mol. The van der Waals surface area contributed by atoms with Crippen LogP contribution < -0.4 is 5.32 Å². The van der Waals surface area contributed by atoms with Crippen LogP contribution in [-0.4, -0.2) is 13.1 Å². The fourth-order valence-corrected chi connectivity index (χ4v) is 1.87. The number of methoxy groups -OCH3 is 1. The first-order chi connectivity index (χ1) is 7.65. The summed E-state index contributed by atoms with van der Waals surface area (Å²) in [5.74, 6) is -0.369. The molecule has 0 aromatic heterocycles. The first kappa shape index (κ1) is 12.8. The maximum Gasteiger partial charge on any atom is 0.331 e. The van der Waals surface area contributed by atoms with Gasteiger partial charge in [0, 0.05) is 22.8 Å². The molecule has 1 aromatic carbocycles. The Kier molecular flexibility index (Phi) is 5.05. The van der Waals surface area contributed by atoms with Crippen LogP contribution >= 0.6 is 15.9 Å². The monoisotopic (exact) mass is 283 g/mol. The fourth-order valence-electron chi connectivity index (χ4n) is 1.24. The molecule has 0 fully saturated rings. The Labute approximate surface area is 104 Å². The number of nitrogens with one attached hydrogen (secondary N) is 1. The van der Waals surface area contributed by atoms with Gasteiger partial charge in [-0.3, -0.25) is 0 Å². The summed E-state index contributed by atoms with van der Waals surface area (Å²) in [5.41, 5.74) is 1.14. The summed E-state index contributed by atoms with van der Waals surface area (Å²) in [6.45, 7) is 2.02. The second-order valence-corrected chi connectivity index (χ2v) is 4.12. The van der Waals surface area contributed by atoms with E-state index < -0.39 is 0 Å². The van der Waals surface area contributed by atoms with Crippen molar-refractivity contribution < 1.29 is 9.53 Å². The summed E-state index contributed by atoms with van der Waals surface area (Å²) in [6.07, 6.45) is 2.95. The maximum absolute atomic E-state index is 10.8. The summed E-state index contributed by atoms with van der Waals surface area (Å²) in [4.78, 5) is 10.8. The number of halogens is 1. The van der Waals surface area contributed by atoms with Gasteiger partial charge in [0.2, 0.25) is 0 Å². The van der Waals surface area contributed by atoms with Crippen LogP contribution in [0.1, 0.15) is 18.5 Å². The van der Waals surface area contributed by atoms with E-state index in [1.807, 2.05) is 31.2 Å². The van der Waals surface area contributed by atoms with Crippen molar-refractivity contribution in [3.63, 3.8) is 0 Å². The Bertz CT molecular complexity index is 390. The topological polar surface area (TPSA) is 38.3 Å². The van der Waals surface area contributed by atoms with E-state index in [-0.39, 0.29) is 12.0 Å². The normalized spacial score (nSPS) is 12.4. The molecule has 0 aliphatic rings. The molecule has 0 saturated carbocycles. The first-order valence-corrected chi connectivity index (χ1v) is 5.69. The Morgan fingerprint density at radius 1 is 1.50 bits per heavy atom. The van der Waals surface area contributed by atoms with E-state index >= 15 is 0 Å². The van der Waals surface area contributed by atoms with Crippen molar-refractivity contribution in [1.29, 1.82) is 0 Å². The zero-order valence-electron chi connectivity index (χ0n) is 9.24. The molecule has 86 valence electrons. The predicted octanol–water partition coefficient (Wildman–Crippen LogP) is 2.79. The van der Waals surface area contributed by atoms with Gasteiger partial charge in [-0.2, -0.15) is 0 Å². The van der Waals surface area contributed by atoms with Crippen LogP contribution in [0.5, 0.6) is 0 Å². The van der Waals surface area contributed by atoms with Crippen LogP contribution in [0, 0.1) is 0 Å². The lowest BCUT2D eigenvalue weighted by Gasteiger charge is -2.13. The molecule has 0 amide bonds. The number of carbonyl (C=O) groups excluding carboxylic acids is 1. The van der Waals surface area contributed by atoms with Crippen molar-refractivity contribution in [2.75, 3.05) is 7.11 Å². The van der Waals surface area contributed by atoms with E-state index in [1.165, 1.54) is 13.2 Å². The number of rotatable bonds is 4. The minimum atomic E-state index is -0.369. The highest BCUT2D eigenvalue weighted by molar-refractivity contribution is 9.10. The number of ether oxygens (including phenoxy) is 1. The third-order valence-electron chi connectivity index (χ3n) is 2.14. The molecule has 0 saturated heterocycles. The summed E-state index contributed by atoms with van der Waals surface area (Å²) in [5, 5.41) is 3.09. The van der Waals surface area contributed by atoms with E-state index in [0.717, 1.165) is 10.0 Å². The van der Waals surface area contributed by atoms with Crippen molar-refractivity contribution in [2.45, 2.75) is 13.0 Å². The first-order valence-electron chi connectivity index (χ1n) is 4.90. The molecule has 0 heterocycles. The molecule has 0 radical (unpaired) electrons. The van der Waals surface area contributed by atoms with Gasteiger partial charge in [-0.15, -0.1) is 0 Å². The van der Waals surface area contributed by atoms with Gasteiger partial charge in [0.1, 0.15) is 0 Å². The molecule has 16 heavy (non-hydrogen) atoms. The molecule has 0 spiro atoms. The number of hydrogen-bond donors (Lipinski definition) is 1. The standard InChI is InChI=1S/C12H14BrNO2/c1-9(14-8-7-12(15)16-2)10-5-3-4-6-11(10)13/h3-9,14H,1-2H3/b8-7+/t9-/m1/s1. The van der Waals surface area contributed by atoms with Gasteiger partial charge < -0.3 is 10.1 Å². The van der Waals surface area contributed by atoms with E-state index in [0.29, 0.717) is 0 Å². The van der Waals surface area contributed by atoms with Crippen molar-refractivity contribution in [1.82, 2.24) is 5.32 Å². The maximum atomic E-state index is 10.8.